The van der Waals surface area contributed by atoms with Crippen LogP contribution in [0.5, 0.6) is 0 Å². The number of nitrogens with zero attached hydrogens (tertiary/aromatic N) is 3. The lowest BCUT2D eigenvalue weighted by Gasteiger charge is -2.24. The van der Waals surface area contributed by atoms with Gasteiger partial charge in [-0.1, -0.05) is 20.3 Å². The molecule has 2 rings (SSSR count). The van der Waals surface area contributed by atoms with Gasteiger partial charge >= 0.3 is 11.7 Å². The molecule has 0 radical (unpaired) electrons. The van der Waals surface area contributed by atoms with Crippen molar-refractivity contribution < 1.29 is 14.3 Å². The standard InChI is InChI=1S/C20H27N5O5S/c1-4-6-11-24(15-16(21)25(10-5-2)20(29)23-17(15)27)14(26)12-30-19(28)13-8-7-9-22-18(13)31-3/h7-9H,4-6,10-12,21H2,1-3H3,(H,23,27,29). The van der Waals surface area contributed by atoms with Gasteiger partial charge in [-0.25, -0.2) is 14.6 Å². The van der Waals surface area contributed by atoms with E-state index in [1.54, 1.807) is 24.6 Å². The molecule has 0 atom stereocenters. The lowest BCUT2D eigenvalue weighted by molar-refractivity contribution is -0.121. The number of amides is 1. The molecule has 0 fully saturated rings. The minimum absolute atomic E-state index is 0.0942. The van der Waals surface area contributed by atoms with E-state index in [9.17, 15) is 19.2 Å². The number of anilines is 2. The number of aromatic amines is 1. The van der Waals surface area contributed by atoms with Crippen LogP contribution in [-0.4, -0.2) is 45.8 Å². The molecule has 0 aliphatic carbocycles. The maximum atomic E-state index is 12.9. The van der Waals surface area contributed by atoms with Crippen LogP contribution in [0.2, 0.25) is 0 Å². The number of nitrogen functional groups attached to an aromatic ring is 1. The van der Waals surface area contributed by atoms with Crippen LogP contribution in [0.4, 0.5) is 11.5 Å². The van der Waals surface area contributed by atoms with E-state index >= 15 is 0 Å². The van der Waals surface area contributed by atoms with Gasteiger partial charge in [0, 0.05) is 19.3 Å². The first-order chi connectivity index (χ1) is 14.8. The zero-order valence-corrected chi connectivity index (χ0v) is 18.7. The van der Waals surface area contributed by atoms with Crippen molar-refractivity contribution in [3.05, 3.63) is 44.7 Å². The lowest BCUT2D eigenvalue weighted by Crippen LogP contribution is -2.43. The monoisotopic (exact) mass is 449 g/mol. The van der Waals surface area contributed by atoms with Gasteiger partial charge in [-0.2, -0.15) is 0 Å². The Hall–Kier alpha value is -3.08. The number of esters is 1. The number of nitrogens with two attached hydrogens (primary N) is 1. The molecule has 0 saturated heterocycles. The van der Waals surface area contributed by atoms with Crippen molar-refractivity contribution in [2.45, 2.75) is 44.7 Å². The molecule has 2 aromatic rings. The second kappa shape index (κ2) is 11.3. The van der Waals surface area contributed by atoms with E-state index in [0.29, 0.717) is 17.9 Å². The molecule has 0 aromatic carbocycles. The van der Waals surface area contributed by atoms with E-state index < -0.39 is 29.7 Å². The Kier molecular flexibility index (Phi) is 8.86. The molecule has 0 saturated carbocycles. The van der Waals surface area contributed by atoms with Crippen molar-refractivity contribution >= 4 is 35.1 Å². The Morgan fingerprint density at radius 2 is 2.03 bits per heavy atom. The highest BCUT2D eigenvalue weighted by Gasteiger charge is 2.25. The fourth-order valence-corrected chi connectivity index (χ4v) is 3.49. The Balaban J connectivity index is 2.32. The number of thioether (sulfide) groups is 1. The van der Waals surface area contributed by atoms with Gasteiger partial charge in [-0.15, -0.1) is 11.8 Å². The molecular formula is C20H27N5O5S. The number of rotatable bonds is 10. The molecule has 10 nitrogen and oxygen atoms in total. The molecule has 0 spiro atoms. The minimum Gasteiger partial charge on any atom is -0.452 e. The number of hydrogen-bond acceptors (Lipinski definition) is 8. The summed E-state index contributed by atoms with van der Waals surface area (Å²) in [5.41, 5.74) is 4.83. The fraction of sp³-hybridized carbons (Fsp3) is 0.450. The second-order valence-corrected chi connectivity index (χ2v) is 7.48. The predicted octanol–water partition coefficient (Wildman–Crippen LogP) is 1.64. The van der Waals surface area contributed by atoms with Crippen LogP contribution in [0.1, 0.15) is 43.5 Å². The van der Waals surface area contributed by atoms with Gasteiger partial charge in [0.25, 0.3) is 11.5 Å². The molecule has 168 valence electrons. The Bertz CT molecular complexity index is 1050. The molecule has 0 unspecified atom stereocenters. The van der Waals surface area contributed by atoms with E-state index in [4.69, 9.17) is 10.5 Å². The average Bonchev–Trinajstić information content (AvgIpc) is 2.76. The van der Waals surface area contributed by atoms with Crippen molar-refractivity contribution in [3.63, 3.8) is 0 Å². The number of aromatic nitrogens is 3. The molecular weight excluding hydrogens is 422 g/mol. The average molecular weight is 450 g/mol. The second-order valence-electron chi connectivity index (χ2n) is 6.68. The molecule has 0 aliphatic rings. The third-order valence-electron chi connectivity index (χ3n) is 4.48. The van der Waals surface area contributed by atoms with Gasteiger partial charge in [0.15, 0.2) is 12.3 Å². The van der Waals surface area contributed by atoms with E-state index in [-0.39, 0.29) is 30.2 Å². The van der Waals surface area contributed by atoms with Gasteiger partial charge in [0.1, 0.15) is 10.8 Å². The first-order valence-corrected chi connectivity index (χ1v) is 11.2. The van der Waals surface area contributed by atoms with Gasteiger partial charge in [-0.05, 0) is 31.2 Å². The highest BCUT2D eigenvalue weighted by atomic mass is 32.2. The van der Waals surface area contributed by atoms with Crippen molar-refractivity contribution in [3.8, 4) is 0 Å². The van der Waals surface area contributed by atoms with E-state index in [1.807, 2.05) is 13.8 Å². The predicted molar refractivity (Wildman–Crippen MR) is 120 cm³/mol. The summed E-state index contributed by atoms with van der Waals surface area (Å²) in [7, 11) is 0. The summed E-state index contributed by atoms with van der Waals surface area (Å²) in [6.45, 7) is 3.68. The van der Waals surface area contributed by atoms with Crippen molar-refractivity contribution in [1.82, 2.24) is 14.5 Å². The molecule has 0 aliphatic heterocycles. The van der Waals surface area contributed by atoms with Crippen molar-refractivity contribution in [1.29, 1.82) is 0 Å². The van der Waals surface area contributed by atoms with Crippen LogP contribution in [0.15, 0.2) is 32.9 Å². The van der Waals surface area contributed by atoms with Gasteiger partial charge in [0.2, 0.25) is 0 Å². The van der Waals surface area contributed by atoms with E-state index in [2.05, 4.69) is 9.97 Å². The summed E-state index contributed by atoms with van der Waals surface area (Å²) >= 11 is 1.28. The SMILES string of the molecule is CCCCN(C(=O)COC(=O)c1cccnc1SC)c1c(N)n(CCC)c(=O)[nH]c1=O. The Morgan fingerprint density at radius 1 is 1.29 bits per heavy atom. The molecule has 31 heavy (non-hydrogen) atoms. The third kappa shape index (κ3) is 5.75. The van der Waals surface area contributed by atoms with Gasteiger partial charge < -0.3 is 15.4 Å². The van der Waals surface area contributed by atoms with Crippen LogP contribution in [0.3, 0.4) is 0 Å². The quantitative estimate of drug-likeness (QED) is 0.412. The van der Waals surface area contributed by atoms with Crippen LogP contribution in [0.25, 0.3) is 0 Å². The van der Waals surface area contributed by atoms with Gasteiger partial charge in [0.05, 0.1) is 5.56 Å². The summed E-state index contributed by atoms with van der Waals surface area (Å²) in [5.74, 6) is -1.40. The first kappa shape index (κ1) is 24.2. The molecule has 2 aromatic heterocycles. The molecule has 0 bridgehead atoms. The number of ether oxygens (including phenoxy) is 1. The maximum absolute atomic E-state index is 12.9. The van der Waals surface area contributed by atoms with E-state index in [1.165, 1.54) is 21.2 Å². The number of carbonyl (C=O) groups is 2. The number of H-pyrrole nitrogens is 1. The summed E-state index contributed by atoms with van der Waals surface area (Å²) in [5, 5.41) is 0.482. The maximum Gasteiger partial charge on any atom is 0.341 e. The zero-order chi connectivity index (χ0) is 23.0. The largest absolute Gasteiger partial charge is 0.452 e. The van der Waals surface area contributed by atoms with E-state index in [0.717, 1.165) is 6.42 Å². The number of carbonyl (C=O) groups excluding carboxylic acids is 2. The molecule has 1 amide bonds. The molecule has 3 N–H and O–H groups in total. The molecule has 11 heteroatoms. The number of unbranched alkanes of at least 4 members (excludes halogenated alkanes) is 1. The normalized spacial score (nSPS) is 10.7. The highest BCUT2D eigenvalue weighted by Crippen LogP contribution is 2.20. The smallest absolute Gasteiger partial charge is 0.341 e. The van der Waals surface area contributed by atoms with Crippen molar-refractivity contribution in [2.75, 3.05) is 30.0 Å². The number of hydrogen-bond donors (Lipinski definition) is 2. The van der Waals surface area contributed by atoms with Crippen LogP contribution in [-0.2, 0) is 16.1 Å². The minimum atomic E-state index is -0.762. The topological polar surface area (TPSA) is 140 Å². The van der Waals surface area contributed by atoms with Gasteiger partial charge in [-0.3, -0.25) is 19.1 Å². The summed E-state index contributed by atoms with van der Waals surface area (Å²) in [4.78, 5) is 57.4. The lowest BCUT2D eigenvalue weighted by atomic mass is 10.2. The summed E-state index contributed by atoms with van der Waals surface area (Å²) < 4.78 is 6.41. The highest BCUT2D eigenvalue weighted by molar-refractivity contribution is 7.98. The Morgan fingerprint density at radius 3 is 2.68 bits per heavy atom. The number of nitrogens with one attached hydrogen (secondary N) is 1. The molecule has 2 heterocycles. The fourth-order valence-electron chi connectivity index (χ4n) is 2.95. The summed E-state index contributed by atoms with van der Waals surface area (Å²) in [6, 6.07) is 3.16. The summed E-state index contributed by atoms with van der Waals surface area (Å²) in [6.07, 6.45) is 5.28. The third-order valence-corrected chi connectivity index (χ3v) is 5.19. The van der Waals surface area contributed by atoms with Crippen LogP contribution in [0, 0.1) is 0 Å². The van der Waals surface area contributed by atoms with Crippen LogP contribution < -0.4 is 21.9 Å². The van der Waals surface area contributed by atoms with Crippen LogP contribution >= 0.6 is 11.8 Å². The first-order valence-electron chi connectivity index (χ1n) is 9.94. The Labute approximate surface area is 183 Å². The number of pyridine rings is 1. The van der Waals surface area contributed by atoms with Crippen molar-refractivity contribution in [2.24, 2.45) is 0 Å². The zero-order valence-electron chi connectivity index (χ0n) is 17.8.